The Morgan fingerprint density at radius 2 is 2.11 bits per heavy atom. The molecule has 0 amide bonds. The second kappa shape index (κ2) is 8.51. The second-order valence-electron chi connectivity index (χ2n) is 6.53. The fraction of sp³-hybridized carbons (Fsp3) is 0.688. The van der Waals surface area contributed by atoms with Gasteiger partial charge >= 0.3 is 11.7 Å². The third-order valence-electron chi connectivity index (χ3n) is 4.93. The van der Waals surface area contributed by atoms with E-state index >= 15 is 0 Å². The van der Waals surface area contributed by atoms with Gasteiger partial charge in [-0.05, 0) is 0 Å². The van der Waals surface area contributed by atoms with Gasteiger partial charge in [0.2, 0.25) is 0 Å². The molecule has 4 atom stereocenters. The van der Waals surface area contributed by atoms with E-state index < -0.39 is 48.4 Å². The number of carbonyl (C=O) groups excluding carboxylic acids is 1. The van der Waals surface area contributed by atoms with Gasteiger partial charge in [-0.25, -0.2) is 15.1 Å². The zero-order chi connectivity index (χ0) is 20.3. The fourth-order valence-electron chi connectivity index (χ4n) is 3.16. The zero-order valence-corrected chi connectivity index (χ0v) is 15.2. The molecule has 156 valence electrons. The quantitative estimate of drug-likeness (QED) is 0.387. The van der Waals surface area contributed by atoms with Crippen LogP contribution < -0.4 is 11.2 Å². The van der Waals surface area contributed by atoms with Crippen LogP contribution in [0, 0.1) is 0 Å². The van der Waals surface area contributed by atoms with E-state index in [0.717, 1.165) is 4.57 Å². The SMILES string of the molecule is COC1(C(=O)ONc2ccn([C@@H]3O[C@H](CO)[C@@H](O)[C@H]3O)c(=O)n2)CCOCC1. The summed E-state index contributed by atoms with van der Waals surface area (Å²) in [4.78, 5) is 33.3. The van der Waals surface area contributed by atoms with E-state index in [1.807, 2.05) is 0 Å². The zero-order valence-electron chi connectivity index (χ0n) is 15.2. The highest BCUT2D eigenvalue weighted by Crippen LogP contribution is 2.28. The lowest BCUT2D eigenvalue weighted by Crippen LogP contribution is -2.47. The van der Waals surface area contributed by atoms with Gasteiger partial charge in [0.15, 0.2) is 17.6 Å². The van der Waals surface area contributed by atoms with E-state index in [-0.39, 0.29) is 5.82 Å². The molecule has 4 N–H and O–H groups in total. The highest BCUT2D eigenvalue weighted by molar-refractivity contribution is 5.80. The molecule has 2 aliphatic rings. The number of aliphatic hydroxyl groups is 3. The Morgan fingerprint density at radius 1 is 1.39 bits per heavy atom. The Bertz CT molecular complexity index is 749. The second-order valence-corrected chi connectivity index (χ2v) is 6.53. The molecule has 1 aromatic rings. The van der Waals surface area contributed by atoms with Crippen molar-refractivity contribution in [3.05, 3.63) is 22.7 Å². The number of hydrogen-bond donors (Lipinski definition) is 4. The molecule has 0 aromatic carbocycles. The van der Waals surface area contributed by atoms with E-state index in [4.69, 9.17) is 24.2 Å². The topological polar surface area (TPSA) is 162 Å². The van der Waals surface area contributed by atoms with Crippen LogP contribution in [0.25, 0.3) is 0 Å². The maximum Gasteiger partial charge on any atom is 0.363 e. The van der Waals surface area contributed by atoms with E-state index in [0.29, 0.717) is 26.1 Å². The van der Waals surface area contributed by atoms with E-state index in [9.17, 15) is 19.8 Å². The average molecular weight is 401 g/mol. The standard InChI is InChI=1S/C16H23N3O9/c1-25-16(3-6-26-7-4-16)14(23)28-18-10-2-5-19(15(24)17-10)13-12(22)11(21)9(8-20)27-13/h2,5,9,11-13,20-22H,3-4,6-8H2,1H3,(H,17,18,24)/t9-,11-,12-,13-/m1/s1. The minimum absolute atomic E-state index is 0.0420. The van der Waals surface area contributed by atoms with Gasteiger partial charge < -0.3 is 34.4 Å². The number of hydrogen-bond acceptors (Lipinski definition) is 11. The number of aromatic nitrogens is 2. The molecule has 1 aromatic heterocycles. The van der Waals surface area contributed by atoms with Crippen molar-refractivity contribution in [1.82, 2.24) is 9.55 Å². The van der Waals surface area contributed by atoms with E-state index in [2.05, 4.69) is 10.5 Å². The van der Waals surface area contributed by atoms with Gasteiger partial charge in [-0.15, -0.1) is 0 Å². The Balaban J connectivity index is 1.66. The molecule has 2 fully saturated rings. The van der Waals surface area contributed by atoms with Crippen molar-refractivity contribution >= 4 is 11.8 Å². The van der Waals surface area contributed by atoms with Crippen LogP contribution in [-0.4, -0.2) is 81.7 Å². The normalized spacial score (nSPS) is 29.4. The third kappa shape index (κ3) is 3.87. The van der Waals surface area contributed by atoms with Crippen LogP contribution >= 0.6 is 0 Å². The highest BCUT2D eigenvalue weighted by Gasteiger charge is 2.44. The maximum absolute atomic E-state index is 12.4. The van der Waals surface area contributed by atoms with Crippen LogP contribution in [0.2, 0.25) is 0 Å². The molecule has 0 unspecified atom stereocenters. The summed E-state index contributed by atoms with van der Waals surface area (Å²) in [6.07, 6.45) is -3.05. The van der Waals surface area contributed by atoms with Crippen LogP contribution in [0.3, 0.4) is 0 Å². The summed E-state index contributed by atoms with van der Waals surface area (Å²) in [5.41, 5.74) is 0.368. The van der Waals surface area contributed by atoms with E-state index in [1.54, 1.807) is 0 Å². The lowest BCUT2D eigenvalue weighted by molar-refractivity contribution is -0.176. The Labute approximate surface area is 159 Å². The molecule has 28 heavy (non-hydrogen) atoms. The lowest BCUT2D eigenvalue weighted by atomic mass is 9.94. The predicted octanol–water partition coefficient (Wildman–Crippen LogP) is -2.08. The first-order chi connectivity index (χ1) is 13.4. The summed E-state index contributed by atoms with van der Waals surface area (Å²) in [6, 6.07) is 1.33. The fourth-order valence-corrected chi connectivity index (χ4v) is 3.16. The van der Waals surface area contributed by atoms with Gasteiger partial charge in [0, 0.05) is 45.4 Å². The molecule has 0 aliphatic carbocycles. The Hall–Kier alpha value is -2.09. The van der Waals surface area contributed by atoms with Crippen molar-refractivity contribution in [3.63, 3.8) is 0 Å². The number of anilines is 1. The molecule has 0 radical (unpaired) electrons. The largest absolute Gasteiger partial charge is 0.394 e. The number of methoxy groups -OCH3 is 1. The summed E-state index contributed by atoms with van der Waals surface area (Å²) in [5, 5.41) is 28.9. The van der Waals surface area contributed by atoms with Gasteiger partial charge in [-0.2, -0.15) is 4.98 Å². The Kier molecular flexibility index (Phi) is 6.27. The van der Waals surface area contributed by atoms with Crippen LogP contribution in [0.4, 0.5) is 5.82 Å². The van der Waals surface area contributed by atoms with Crippen molar-refractivity contribution in [2.45, 2.75) is 43.0 Å². The molecular formula is C16H23N3O9. The van der Waals surface area contributed by atoms with Crippen LogP contribution in [-0.2, 0) is 23.8 Å². The minimum Gasteiger partial charge on any atom is -0.394 e. The number of carbonyl (C=O) groups is 1. The molecule has 3 rings (SSSR count). The molecule has 3 heterocycles. The summed E-state index contributed by atoms with van der Waals surface area (Å²) in [5.74, 6) is -0.701. The van der Waals surface area contributed by atoms with Crippen molar-refractivity contribution in [2.75, 3.05) is 32.4 Å². The van der Waals surface area contributed by atoms with Crippen molar-refractivity contribution in [3.8, 4) is 0 Å². The minimum atomic E-state index is -1.41. The van der Waals surface area contributed by atoms with Gasteiger partial charge in [0.25, 0.3) is 0 Å². The maximum atomic E-state index is 12.4. The van der Waals surface area contributed by atoms with Crippen molar-refractivity contribution in [2.24, 2.45) is 0 Å². The van der Waals surface area contributed by atoms with Crippen LogP contribution in [0.15, 0.2) is 17.1 Å². The molecule has 0 saturated carbocycles. The first-order valence-electron chi connectivity index (χ1n) is 8.73. The number of nitrogens with one attached hydrogen (secondary N) is 1. The van der Waals surface area contributed by atoms with E-state index in [1.165, 1.54) is 19.4 Å². The van der Waals surface area contributed by atoms with Gasteiger partial charge in [0.05, 0.1) is 6.61 Å². The highest BCUT2D eigenvalue weighted by atomic mass is 16.7. The van der Waals surface area contributed by atoms with Crippen molar-refractivity contribution in [1.29, 1.82) is 0 Å². The Morgan fingerprint density at radius 3 is 2.68 bits per heavy atom. The van der Waals surface area contributed by atoms with Gasteiger partial charge in [-0.1, -0.05) is 0 Å². The first-order valence-corrected chi connectivity index (χ1v) is 8.73. The predicted molar refractivity (Wildman–Crippen MR) is 91.0 cm³/mol. The van der Waals surface area contributed by atoms with Crippen molar-refractivity contribution < 1.29 is 39.2 Å². The van der Waals surface area contributed by atoms with Gasteiger partial charge in [-0.3, -0.25) is 4.57 Å². The first kappa shape index (κ1) is 20.6. The molecular weight excluding hydrogens is 378 g/mol. The summed E-state index contributed by atoms with van der Waals surface area (Å²) >= 11 is 0. The number of ether oxygens (including phenoxy) is 3. The summed E-state index contributed by atoms with van der Waals surface area (Å²) in [6.45, 7) is 0.210. The molecule has 2 aliphatic heterocycles. The smallest absolute Gasteiger partial charge is 0.363 e. The monoisotopic (exact) mass is 401 g/mol. The number of nitrogens with zero attached hydrogens (tertiary/aromatic N) is 2. The molecule has 2 saturated heterocycles. The molecule has 0 spiro atoms. The molecule has 0 bridgehead atoms. The van der Waals surface area contributed by atoms with Crippen LogP contribution in [0.5, 0.6) is 0 Å². The third-order valence-corrected chi connectivity index (χ3v) is 4.93. The summed E-state index contributed by atoms with van der Waals surface area (Å²) in [7, 11) is 1.41. The molecule has 12 heteroatoms. The molecule has 12 nitrogen and oxygen atoms in total. The lowest BCUT2D eigenvalue weighted by Gasteiger charge is -2.32. The average Bonchev–Trinajstić information content (AvgIpc) is 3.00. The number of aliphatic hydroxyl groups excluding tert-OH is 3. The summed E-state index contributed by atoms with van der Waals surface area (Å²) < 4.78 is 16.8. The van der Waals surface area contributed by atoms with Crippen LogP contribution in [0.1, 0.15) is 19.1 Å². The van der Waals surface area contributed by atoms with Gasteiger partial charge in [0.1, 0.15) is 18.3 Å². The number of rotatable bonds is 6.